The molecule has 0 spiro atoms. The molecule has 29 heavy (non-hydrogen) atoms. The summed E-state index contributed by atoms with van der Waals surface area (Å²) in [6.07, 6.45) is 0. The number of anilines is 1. The fourth-order valence-electron chi connectivity index (χ4n) is 3.36. The van der Waals surface area contributed by atoms with Crippen LogP contribution in [0.3, 0.4) is 0 Å². The maximum absolute atomic E-state index is 12.9. The maximum atomic E-state index is 12.9. The summed E-state index contributed by atoms with van der Waals surface area (Å²) in [4.78, 5) is 27.1. The van der Waals surface area contributed by atoms with Crippen molar-refractivity contribution in [2.75, 3.05) is 4.90 Å². The molecule has 0 unspecified atom stereocenters. The van der Waals surface area contributed by atoms with E-state index in [-0.39, 0.29) is 17.2 Å². The van der Waals surface area contributed by atoms with E-state index in [1.54, 1.807) is 37.3 Å². The first kappa shape index (κ1) is 19.0. The molecule has 0 saturated carbocycles. The highest BCUT2D eigenvalue weighted by molar-refractivity contribution is 6.51. The summed E-state index contributed by atoms with van der Waals surface area (Å²) in [5, 5.41) is 15.4. The number of benzene rings is 2. The van der Waals surface area contributed by atoms with Gasteiger partial charge in [-0.3, -0.25) is 14.5 Å². The van der Waals surface area contributed by atoms with Gasteiger partial charge in [-0.15, -0.1) is 0 Å². The van der Waals surface area contributed by atoms with Crippen LogP contribution in [0.5, 0.6) is 0 Å². The molecule has 1 atom stereocenters. The monoisotopic (exact) mass is 408 g/mol. The van der Waals surface area contributed by atoms with Gasteiger partial charge in [0.2, 0.25) is 0 Å². The summed E-state index contributed by atoms with van der Waals surface area (Å²) in [5.74, 6) is -1.12. The lowest BCUT2D eigenvalue weighted by Crippen LogP contribution is -2.29. The van der Waals surface area contributed by atoms with Crippen LogP contribution in [0.4, 0.5) is 5.82 Å². The highest BCUT2D eigenvalue weighted by atomic mass is 35.5. The lowest BCUT2D eigenvalue weighted by Gasteiger charge is -2.23. The van der Waals surface area contributed by atoms with Crippen molar-refractivity contribution in [2.24, 2.45) is 0 Å². The van der Waals surface area contributed by atoms with Crippen LogP contribution >= 0.6 is 11.6 Å². The Kier molecular flexibility index (Phi) is 4.72. The summed E-state index contributed by atoms with van der Waals surface area (Å²) < 4.78 is 5.11. The SMILES string of the molecule is Cc1ccc([C@@H]2C(=C(O)c3ccc(Cl)cc3)C(=O)C(=O)N2c2cc(C)on2)cc1. The van der Waals surface area contributed by atoms with Crippen LogP contribution < -0.4 is 4.90 Å². The lowest BCUT2D eigenvalue weighted by atomic mass is 9.95. The molecule has 4 rings (SSSR count). The number of halogens is 1. The van der Waals surface area contributed by atoms with Gasteiger partial charge in [-0.05, 0) is 43.7 Å². The van der Waals surface area contributed by atoms with E-state index in [1.165, 1.54) is 4.90 Å². The van der Waals surface area contributed by atoms with Crippen LogP contribution in [0.25, 0.3) is 5.76 Å². The molecule has 1 aliphatic heterocycles. The van der Waals surface area contributed by atoms with E-state index >= 15 is 0 Å². The standard InChI is InChI=1S/C22H17ClN2O4/c1-12-3-5-14(6-4-12)19-18(20(26)15-7-9-16(23)10-8-15)21(27)22(28)25(19)17-11-13(2)29-24-17/h3-11,19,26H,1-2H3/t19-/m1/s1. The Morgan fingerprint density at radius 2 is 1.72 bits per heavy atom. The van der Waals surface area contributed by atoms with Gasteiger partial charge >= 0.3 is 5.91 Å². The summed E-state index contributed by atoms with van der Waals surface area (Å²) in [6.45, 7) is 3.64. The van der Waals surface area contributed by atoms with E-state index in [0.29, 0.717) is 21.9 Å². The first-order chi connectivity index (χ1) is 13.9. The largest absolute Gasteiger partial charge is 0.507 e. The number of aromatic nitrogens is 1. The molecule has 0 bridgehead atoms. The molecule has 1 amide bonds. The zero-order valence-electron chi connectivity index (χ0n) is 15.7. The Balaban J connectivity index is 1.93. The van der Waals surface area contributed by atoms with Crippen LogP contribution in [-0.4, -0.2) is 22.0 Å². The van der Waals surface area contributed by atoms with Crippen LogP contribution in [0, 0.1) is 13.8 Å². The van der Waals surface area contributed by atoms with Gasteiger partial charge in [0.05, 0.1) is 11.6 Å². The quantitative estimate of drug-likeness (QED) is 0.390. The zero-order valence-corrected chi connectivity index (χ0v) is 16.5. The van der Waals surface area contributed by atoms with E-state index in [1.807, 2.05) is 31.2 Å². The Labute approximate surface area is 172 Å². The lowest BCUT2D eigenvalue weighted by molar-refractivity contribution is -0.132. The van der Waals surface area contributed by atoms with Crippen molar-refractivity contribution in [2.45, 2.75) is 19.9 Å². The summed E-state index contributed by atoms with van der Waals surface area (Å²) >= 11 is 5.93. The third-order valence-electron chi connectivity index (χ3n) is 4.82. The van der Waals surface area contributed by atoms with Crippen molar-refractivity contribution in [1.29, 1.82) is 0 Å². The van der Waals surface area contributed by atoms with E-state index in [2.05, 4.69) is 5.16 Å². The van der Waals surface area contributed by atoms with Crippen molar-refractivity contribution in [3.63, 3.8) is 0 Å². The molecular weight excluding hydrogens is 392 g/mol. The Morgan fingerprint density at radius 3 is 2.31 bits per heavy atom. The number of rotatable bonds is 3. The normalized spacial score (nSPS) is 18.4. The second kappa shape index (κ2) is 7.22. The summed E-state index contributed by atoms with van der Waals surface area (Å²) in [5.41, 5.74) is 2.08. The number of hydrogen-bond donors (Lipinski definition) is 1. The number of carbonyl (C=O) groups is 2. The van der Waals surface area contributed by atoms with Crippen LogP contribution in [-0.2, 0) is 9.59 Å². The molecule has 1 N–H and O–H groups in total. The van der Waals surface area contributed by atoms with Crippen LogP contribution in [0.1, 0.15) is 28.5 Å². The van der Waals surface area contributed by atoms with Gasteiger partial charge in [-0.1, -0.05) is 46.6 Å². The molecule has 146 valence electrons. The smallest absolute Gasteiger partial charge is 0.301 e. The average Bonchev–Trinajstić information content (AvgIpc) is 3.24. The van der Waals surface area contributed by atoms with Gasteiger partial charge in [0.1, 0.15) is 11.5 Å². The highest BCUT2D eigenvalue weighted by Crippen LogP contribution is 2.41. The molecule has 6 nitrogen and oxygen atoms in total. The number of carbonyl (C=O) groups excluding carboxylic acids is 2. The zero-order chi connectivity index (χ0) is 20.7. The van der Waals surface area contributed by atoms with Crippen LogP contribution in [0.15, 0.2) is 64.7 Å². The predicted octanol–water partition coefficient (Wildman–Crippen LogP) is 4.57. The number of amides is 1. The molecule has 0 radical (unpaired) electrons. The fourth-order valence-corrected chi connectivity index (χ4v) is 3.49. The molecule has 1 saturated heterocycles. The third-order valence-corrected chi connectivity index (χ3v) is 5.07. The number of aliphatic hydroxyl groups excluding tert-OH is 1. The number of aliphatic hydroxyl groups is 1. The van der Waals surface area contributed by atoms with Gasteiger partial charge in [-0.25, -0.2) is 0 Å². The molecule has 1 fully saturated rings. The fraction of sp³-hybridized carbons (Fsp3) is 0.136. The van der Waals surface area contributed by atoms with Gasteiger partial charge in [-0.2, -0.15) is 0 Å². The highest BCUT2D eigenvalue weighted by Gasteiger charge is 2.48. The minimum absolute atomic E-state index is 0.0122. The van der Waals surface area contributed by atoms with E-state index in [0.717, 1.165) is 5.56 Å². The van der Waals surface area contributed by atoms with Gasteiger partial charge in [0, 0.05) is 16.7 Å². The van der Waals surface area contributed by atoms with Gasteiger partial charge < -0.3 is 9.63 Å². The molecule has 1 aliphatic rings. The van der Waals surface area contributed by atoms with Crippen molar-refractivity contribution >= 4 is 34.9 Å². The Morgan fingerprint density at radius 1 is 1.07 bits per heavy atom. The van der Waals surface area contributed by atoms with Gasteiger partial charge in [0.15, 0.2) is 5.82 Å². The maximum Gasteiger partial charge on any atom is 0.301 e. The minimum atomic E-state index is -0.837. The summed E-state index contributed by atoms with van der Waals surface area (Å²) in [6, 6.07) is 14.5. The molecule has 7 heteroatoms. The van der Waals surface area contributed by atoms with Crippen molar-refractivity contribution in [3.05, 3.63) is 87.6 Å². The predicted molar refractivity (Wildman–Crippen MR) is 109 cm³/mol. The second-order valence-corrected chi connectivity index (χ2v) is 7.32. The van der Waals surface area contributed by atoms with Crippen molar-refractivity contribution in [3.8, 4) is 0 Å². The third kappa shape index (κ3) is 3.32. The molecule has 3 aromatic rings. The molecule has 2 heterocycles. The summed E-state index contributed by atoms with van der Waals surface area (Å²) in [7, 11) is 0. The number of nitrogens with zero attached hydrogens (tertiary/aromatic N) is 2. The molecule has 2 aromatic carbocycles. The minimum Gasteiger partial charge on any atom is -0.507 e. The number of Topliss-reactive ketones (excluding diaryl/α,β-unsaturated/α-hetero) is 1. The van der Waals surface area contributed by atoms with Crippen molar-refractivity contribution < 1.29 is 19.2 Å². The Bertz CT molecular complexity index is 1130. The van der Waals surface area contributed by atoms with Crippen LogP contribution in [0.2, 0.25) is 5.02 Å². The number of aryl methyl sites for hydroxylation is 2. The molecular formula is C22H17ClN2O4. The van der Waals surface area contributed by atoms with Crippen molar-refractivity contribution in [1.82, 2.24) is 5.16 Å². The van der Waals surface area contributed by atoms with E-state index < -0.39 is 17.7 Å². The second-order valence-electron chi connectivity index (χ2n) is 6.88. The Hall–Kier alpha value is -3.38. The average molecular weight is 409 g/mol. The van der Waals surface area contributed by atoms with E-state index in [9.17, 15) is 14.7 Å². The van der Waals surface area contributed by atoms with Gasteiger partial charge in [0.25, 0.3) is 5.78 Å². The first-order valence-electron chi connectivity index (χ1n) is 8.93. The number of hydrogen-bond acceptors (Lipinski definition) is 5. The topological polar surface area (TPSA) is 83.6 Å². The molecule has 0 aliphatic carbocycles. The first-order valence-corrected chi connectivity index (χ1v) is 9.31. The van der Waals surface area contributed by atoms with E-state index in [4.69, 9.17) is 16.1 Å². The number of ketones is 1. The molecule has 1 aromatic heterocycles.